The van der Waals surface area contributed by atoms with Crippen LogP contribution in [-0.4, -0.2) is 37.7 Å². The monoisotopic (exact) mass is 377 g/mol. The number of nitrogens with zero attached hydrogens (tertiary/aromatic N) is 1. The van der Waals surface area contributed by atoms with Gasteiger partial charge < -0.3 is 15.4 Å². The largest absolute Gasteiger partial charge is 0.383 e. The first-order chi connectivity index (χ1) is 11.1. The van der Waals surface area contributed by atoms with Crippen LogP contribution in [0.2, 0.25) is 0 Å². The Labute approximate surface area is 148 Å². The molecule has 0 bridgehead atoms. The van der Waals surface area contributed by atoms with Crippen LogP contribution in [0.4, 0.5) is 13.9 Å². The second-order valence-electron chi connectivity index (χ2n) is 4.77. The molecule has 0 unspecified atom stereocenters. The summed E-state index contributed by atoms with van der Waals surface area (Å²) in [5.74, 6) is -1.94. The Kier molecular flexibility index (Phi) is 8.77. The third-order valence-electron chi connectivity index (χ3n) is 2.93. The molecule has 0 fully saturated rings. The summed E-state index contributed by atoms with van der Waals surface area (Å²) in [6, 6.07) is 3.78. The Morgan fingerprint density at radius 2 is 2.12 bits per heavy atom. The van der Waals surface area contributed by atoms with Gasteiger partial charge in [-0.15, -0.1) is 23.7 Å². The number of anilines is 1. The van der Waals surface area contributed by atoms with E-state index in [1.807, 2.05) is 0 Å². The van der Waals surface area contributed by atoms with Gasteiger partial charge in [-0.1, -0.05) is 6.07 Å². The van der Waals surface area contributed by atoms with Crippen molar-refractivity contribution in [3.63, 3.8) is 0 Å². The number of methoxy groups -OCH3 is 1. The molecule has 0 radical (unpaired) electrons. The van der Waals surface area contributed by atoms with Gasteiger partial charge in [-0.25, -0.2) is 13.8 Å². The van der Waals surface area contributed by atoms with Crippen molar-refractivity contribution in [3.8, 4) is 0 Å². The van der Waals surface area contributed by atoms with Crippen molar-refractivity contribution in [2.45, 2.75) is 6.42 Å². The van der Waals surface area contributed by atoms with Crippen LogP contribution in [0, 0.1) is 11.6 Å². The van der Waals surface area contributed by atoms with E-state index in [9.17, 15) is 13.6 Å². The van der Waals surface area contributed by atoms with Crippen molar-refractivity contribution in [3.05, 3.63) is 46.5 Å². The lowest BCUT2D eigenvalue weighted by atomic mass is 10.1. The second-order valence-corrected chi connectivity index (χ2v) is 5.89. The molecule has 5 nitrogen and oxygen atoms in total. The number of carbonyl (C=O) groups excluding carboxylic acids is 1. The zero-order chi connectivity index (χ0) is 16.7. The molecule has 1 heterocycles. The van der Waals surface area contributed by atoms with Gasteiger partial charge in [0.05, 0.1) is 13.2 Å². The van der Waals surface area contributed by atoms with Crippen LogP contribution in [0.15, 0.2) is 24.4 Å². The van der Waals surface area contributed by atoms with Crippen LogP contribution >= 0.6 is 23.7 Å². The molecular formula is C15H18ClF2N3O2S. The van der Waals surface area contributed by atoms with Crippen LogP contribution in [0.1, 0.15) is 10.4 Å². The molecule has 1 aromatic carbocycles. The predicted molar refractivity (Wildman–Crippen MR) is 91.9 cm³/mol. The molecule has 132 valence electrons. The number of benzene rings is 1. The molecule has 24 heavy (non-hydrogen) atoms. The average molecular weight is 378 g/mol. The normalized spacial score (nSPS) is 10.3. The lowest BCUT2D eigenvalue weighted by Gasteiger charge is -2.03. The summed E-state index contributed by atoms with van der Waals surface area (Å²) in [4.78, 5) is 16.6. The van der Waals surface area contributed by atoms with E-state index in [-0.39, 0.29) is 24.9 Å². The molecule has 1 amide bonds. The maximum atomic E-state index is 13.2. The summed E-state index contributed by atoms with van der Waals surface area (Å²) in [6.45, 7) is 1.29. The summed E-state index contributed by atoms with van der Waals surface area (Å²) in [7, 11) is 1.59. The fourth-order valence-electron chi connectivity index (χ4n) is 1.84. The summed E-state index contributed by atoms with van der Waals surface area (Å²) in [6.07, 6.45) is 2.04. The molecule has 0 aliphatic heterocycles. The highest BCUT2D eigenvalue weighted by atomic mass is 35.5. The highest BCUT2D eigenvalue weighted by Gasteiger charge is 2.08. The van der Waals surface area contributed by atoms with E-state index < -0.39 is 11.6 Å². The van der Waals surface area contributed by atoms with E-state index in [0.29, 0.717) is 30.3 Å². The van der Waals surface area contributed by atoms with Crippen molar-refractivity contribution < 1.29 is 18.3 Å². The molecule has 0 saturated heterocycles. The molecule has 2 N–H and O–H groups in total. The van der Waals surface area contributed by atoms with E-state index in [0.717, 1.165) is 17.0 Å². The van der Waals surface area contributed by atoms with Gasteiger partial charge in [-0.05, 0) is 17.7 Å². The van der Waals surface area contributed by atoms with Crippen molar-refractivity contribution in [2.75, 3.05) is 32.1 Å². The van der Waals surface area contributed by atoms with Crippen LogP contribution in [0.3, 0.4) is 0 Å². The fourth-order valence-corrected chi connectivity index (χ4v) is 2.70. The first-order valence-electron chi connectivity index (χ1n) is 6.96. The number of hydrogen-bond donors (Lipinski definition) is 2. The molecular weight excluding hydrogens is 360 g/mol. The van der Waals surface area contributed by atoms with E-state index in [2.05, 4.69) is 15.6 Å². The highest BCUT2D eigenvalue weighted by molar-refractivity contribution is 7.15. The molecule has 1 aromatic heterocycles. The third-order valence-corrected chi connectivity index (χ3v) is 3.84. The number of carbonyl (C=O) groups is 1. The topological polar surface area (TPSA) is 63.2 Å². The highest BCUT2D eigenvalue weighted by Crippen LogP contribution is 2.21. The molecule has 0 atom stereocenters. The van der Waals surface area contributed by atoms with Gasteiger partial charge in [0, 0.05) is 31.1 Å². The number of aromatic nitrogens is 1. The lowest BCUT2D eigenvalue weighted by Crippen LogP contribution is -2.30. The molecule has 2 aromatic rings. The van der Waals surface area contributed by atoms with Crippen LogP contribution in [0.5, 0.6) is 0 Å². The lowest BCUT2D eigenvalue weighted by molar-refractivity contribution is -0.115. The number of halogens is 3. The summed E-state index contributed by atoms with van der Waals surface area (Å²) < 4.78 is 30.9. The van der Waals surface area contributed by atoms with Crippen molar-refractivity contribution >= 4 is 34.8 Å². The van der Waals surface area contributed by atoms with Gasteiger partial charge in [-0.3, -0.25) is 4.79 Å². The third kappa shape index (κ3) is 6.48. The van der Waals surface area contributed by atoms with Gasteiger partial charge in [-0.2, -0.15) is 0 Å². The van der Waals surface area contributed by atoms with E-state index in [1.165, 1.54) is 17.4 Å². The van der Waals surface area contributed by atoms with E-state index in [4.69, 9.17) is 4.74 Å². The van der Waals surface area contributed by atoms with Crippen molar-refractivity contribution in [2.24, 2.45) is 0 Å². The minimum absolute atomic E-state index is 0. The van der Waals surface area contributed by atoms with Gasteiger partial charge >= 0.3 is 0 Å². The Balaban J connectivity index is 0.00000288. The molecule has 0 spiro atoms. The number of ether oxygens (including phenoxy) is 1. The van der Waals surface area contributed by atoms with Gasteiger partial charge in [0.2, 0.25) is 5.91 Å². The number of nitrogens with one attached hydrogen (secondary N) is 2. The van der Waals surface area contributed by atoms with Crippen LogP contribution in [-0.2, 0) is 16.0 Å². The SMILES string of the molecule is COCCNCC(=O)Nc1ncc(Cc2ccc(F)c(F)c2)s1.Cl. The summed E-state index contributed by atoms with van der Waals surface area (Å²) in [5, 5.41) is 6.08. The Hall–Kier alpha value is -1.61. The first-order valence-corrected chi connectivity index (χ1v) is 7.78. The average Bonchev–Trinajstić information content (AvgIpc) is 2.94. The molecule has 0 aliphatic rings. The molecule has 9 heteroatoms. The van der Waals surface area contributed by atoms with Crippen LogP contribution in [0.25, 0.3) is 0 Å². The smallest absolute Gasteiger partial charge is 0.240 e. The zero-order valence-electron chi connectivity index (χ0n) is 13.0. The zero-order valence-corrected chi connectivity index (χ0v) is 14.6. The Bertz CT molecular complexity index is 670. The van der Waals surface area contributed by atoms with Gasteiger partial charge in [0.25, 0.3) is 0 Å². The minimum Gasteiger partial charge on any atom is -0.383 e. The van der Waals surface area contributed by atoms with Crippen molar-refractivity contribution in [1.29, 1.82) is 0 Å². The number of hydrogen-bond acceptors (Lipinski definition) is 5. The maximum Gasteiger partial charge on any atom is 0.240 e. The molecule has 0 aliphatic carbocycles. The van der Waals surface area contributed by atoms with Crippen LogP contribution < -0.4 is 10.6 Å². The summed E-state index contributed by atoms with van der Waals surface area (Å²) in [5.41, 5.74) is 0.645. The number of amides is 1. The fraction of sp³-hybridized carbons (Fsp3) is 0.333. The molecule has 0 saturated carbocycles. The van der Waals surface area contributed by atoms with Gasteiger partial charge in [0.15, 0.2) is 16.8 Å². The quantitative estimate of drug-likeness (QED) is 0.694. The number of thiazole rings is 1. The maximum absolute atomic E-state index is 13.2. The predicted octanol–water partition coefficient (Wildman–Crippen LogP) is 2.61. The molecule has 2 rings (SSSR count). The Morgan fingerprint density at radius 1 is 1.33 bits per heavy atom. The summed E-state index contributed by atoms with van der Waals surface area (Å²) >= 11 is 1.30. The van der Waals surface area contributed by atoms with E-state index >= 15 is 0 Å². The second kappa shape index (κ2) is 10.3. The first kappa shape index (κ1) is 20.4. The van der Waals surface area contributed by atoms with E-state index in [1.54, 1.807) is 13.3 Å². The minimum atomic E-state index is -0.873. The standard InChI is InChI=1S/C15H17F2N3O2S.ClH/c1-22-5-4-18-9-14(21)20-15-19-8-11(23-15)6-10-2-3-12(16)13(17)7-10;/h2-3,7-8,18H,4-6,9H2,1H3,(H,19,20,21);1H. The van der Waals surface area contributed by atoms with Crippen molar-refractivity contribution in [1.82, 2.24) is 10.3 Å². The Morgan fingerprint density at radius 3 is 2.83 bits per heavy atom. The number of rotatable bonds is 8. The van der Waals surface area contributed by atoms with Gasteiger partial charge in [0.1, 0.15) is 0 Å².